The number of hydrogen-bond donors (Lipinski definition) is 0. The molecule has 0 radical (unpaired) electrons. The number of hydrogen-bond acceptors (Lipinski definition) is 4. The molecule has 0 amide bonds. The van der Waals surface area contributed by atoms with Gasteiger partial charge in [-0.15, -0.1) is 0 Å². The molecule has 0 saturated carbocycles. The molecule has 200 valence electrons. The van der Waals surface area contributed by atoms with Crippen molar-refractivity contribution in [3.05, 3.63) is 54.1 Å². The van der Waals surface area contributed by atoms with Crippen LogP contribution in [0.15, 0.2) is 48.5 Å². The molecule has 0 spiro atoms. The molecule has 0 aliphatic carbocycles. The van der Waals surface area contributed by atoms with Crippen molar-refractivity contribution in [1.82, 2.24) is 0 Å². The summed E-state index contributed by atoms with van der Waals surface area (Å²) in [7, 11) is 0. The van der Waals surface area contributed by atoms with E-state index in [1.54, 1.807) is 24.3 Å². The highest BCUT2D eigenvalue weighted by Crippen LogP contribution is 2.21. The molecule has 0 heterocycles. The van der Waals surface area contributed by atoms with Crippen molar-refractivity contribution in [2.45, 2.75) is 104 Å². The molecule has 0 fully saturated rings. The fourth-order valence-corrected chi connectivity index (χ4v) is 4.06. The fraction of sp³-hybridized carbons (Fsp3) is 0.594. The first-order chi connectivity index (χ1) is 17.6. The van der Waals surface area contributed by atoms with Crippen LogP contribution < -0.4 is 14.2 Å². The molecular formula is C32H48O4. The molecule has 0 unspecified atom stereocenters. The Balaban J connectivity index is 1.59. The average molecular weight is 497 g/mol. The van der Waals surface area contributed by atoms with Crippen LogP contribution >= 0.6 is 0 Å². The lowest BCUT2D eigenvalue weighted by Crippen LogP contribution is -2.08. The minimum absolute atomic E-state index is 0.376. The zero-order valence-electron chi connectivity index (χ0n) is 22.9. The highest BCUT2D eigenvalue weighted by Gasteiger charge is 2.09. The van der Waals surface area contributed by atoms with Crippen LogP contribution in [0.1, 0.15) is 115 Å². The van der Waals surface area contributed by atoms with Crippen molar-refractivity contribution in [3.8, 4) is 17.2 Å². The van der Waals surface area contributed by atoms with Gasteiger partial charge in [0.1, 0.15) is 17.2 Å². The molecule has 2 rings (SSSR count). The normalized spacial score (nSPS) is 11.8. The monoisotopic (exact) mass is 496 g/mol. The van der Waals surface area contributed by atoms with Gasteiger partial charge in [0.25, 0.3) is 0 Å². The SMILES string of the molecule is CCCCCCCCCCCCOc1ccc(C(=O)Oc2ccc(OCCC[C@@H](C)CC)cc2)cc1. The summed E-state index contributed by atoms with van der Waals surface area (Å²) in [5, 5.41) is 0. The molecular weight excluding hydrogens is 448 g/mol. The minimum Gasteiger partial charge on any atom is -0.494 e. The topological polar surface area (TPSA) is 44.8 Å². The Morgan fingerprint density at radius 1 is 0.639 bits per heavy atom. The smallest absolute Gasteiger partial charge is 0.343 e. The third-order valence-electron chi connectivity index (χ3n) is 6.70. The Labute approximate surface area is 219 Å². The molecule has 0 aromatic heterocycles. The summed E-state index contributed by atoms with van der Waals surface area (Å²) in [5.41, 5.74) is 0.506. The number of rotatable bonds is 20. The van der Waals surface area contributed by atoms with E-state index in [2.05, 4.69) is 20.8 Å². The van der Waals surface area contributed by atoms with Crippen molar-refractivity contribution < 1.29 is 19.0 Å². The van der Waals surface area contributed by atoms with Crippen LogP contribution in [0.3, 0.4) is 0 Å². The highest BCUT2D eigenvalue weighted by atomic mass is 16.5. The van der Waals surface area contributed by atoms with Crippen LogP contribution in [0.2, 0.25) is 0 Å². The van der Waals surface area contributed by atoms with Gasteiger partial charge in [-0.05, 0) is 73.7 Å². The summed E-state index contributed by atoms with van der Waals surface area (Å²) >= 11 is 0. The molecule has 2 aromatic rings. The molecule has 4 nitrogen and oxygen atoms in total. The zero-order valence-corrected chi connectivity index (χ0v) is 22.9. The largest absolute Gasteiger partial charge is 0.494 e. The minimum atomic E-state index is -0.376. The lowest BCUT2D eigenvalue weighted by molar-refractivity contribution is 0.0734. The van der Waals surface area contributed by atoms with Crippen LogP contribution in [0.4, 0.5) is 0 Å². The van der Waals surface area contributed by atoms with Gasteiger partial charge < -0.3 is 14.2 Å². The van der Waals surface area contributed by atoms with E-state index in [1.165, 1.54) is 70.6 Å². The number of carbonyl (C=O) groups is 1. The molecule has 1 atom stereocenters. The van der Waals surface area contributed by atoms with Gasteiger partial charge in [0.05, 0.1) is 18.8 Å². The lowest BCUT2D eigenvalue weighted by atomic mass is 10.0. The van der Waals surface area contributed by atoms with E-state index in [0.717, 1.165) is 30.3 Å². The van der Waals surface area contributed by atoms with Crippen molar-refractivity contribution >= 4 is 5.97 Å². The van der Waals surface area contributed by atoms with Gasteiger partial charge in [-0.2, -0.15) is 0 Å². The van der Waals surface area contributed by atoms with E-state index >= 15 is 0 Å². The Morgan fingerprint density at radius 3 is 1.67 bits per heavy atom. The maximum Gasteiger partial charge on any atom is 0.343 e. The van der Waals surface area contributed by atoms with Gasteiger partial charge in [0.15, 0.2) is 0 Å². The first-order valence-electron chi connectivity index (χ1n) is 14.3. The predicted octanol–water partition coefficient (Wildman–Crippen LogP) is 9.41. The first-order valence-corrected chi connectivity index (χ1v) is 14.3. The molecule has 0 N–H and O–H groups in total. The summed E-state index contributed by atoms with van der Waals surface area (Å²) < 4.78 is 17.1. The quantitative estimate of drug-likeness (QED) is 0.104. The lowest BCUT2D eigenvalue weighted by Gasteiger charge is -2.10. The number of benzene rings is 2. The van der Waals surface area contributed by atoms with E-state index in [0.29, 0.717) is 24.5 Å². The van der Waals surface area contributed by atoms with E-state index in [1.807, 2.05) is 24.3 Å². The van der Waals surface area contributed by atoms with Crippen molar-refractivity contribution in [1.29, 1.82) is 0 Å². The maximum absolute atomic E-state index is 12.5. The number of carbonyl (C=O) groups excluding carboxylic acids is 1. The van der Waals surface area contributed by atoms with Gasteiger partial charge in [0, 0.05) is 0 Å². The van der Waals surface area contributed by atoms with Crippen molar-refractivity contribution in [2.24, 2.45) is 5.92 Å². The molecule has 36 heavy (non-hydrogen) atoms. The van der Waals surface area contributed by atoms with Crippen LogP contribution in [-0.4, -0.2) is 19.2 Å². The molecule has 0 saturated heterocycles. The third kappa shape index (κ3) is 13.0. The summed E-state index contributed by atoms with van der Waals surface area (Å²) in [4.78, 5) is 12.5. The van der Waals surface area contributed by atoms with E-state index in [9.17, 15) is 4.79 Å². The zero-order chi connectivity index (χ0) is 25.8. The molecule has 4 heteroatoms. The summed E-state index contributed by atoms with van der Waals surface area (Å²) in [5.74, 6) is 2.45. The third-order valence-corrected chi connectivity index (χ3v) is 6.70. The second-order valence-electron chi connectivity index (χ2n) is 9.92. The number of unbranched alkanes of at least 4 members (excludes halogenated alkanes) is 9. The van der Waals surface area contributed by atoms with E-state index < -0.39 is 0 Å². The number of esters is 1. The van der Waals surface area contributed by atoms with Crippen LogP contribution in [-0.2, 0) is 0 Å². The molecule has 0 aliphatic rings. The van der Waals surface area contributed by atoms with Crippen LogP contribution in [0, 0.1) is 5.92 Å². The van der Waals surface area contributed by atoms with Crippen LogP contribution in [0.5, 0.6) is 17.2 Å². The van der Waals surface area contributed by atoms with Crippen LogP contribution in [0.25, 0.3) is 0 Å². The number of ether oxygens (including phenoxy) is 3. The molecule has 0 bridgehead atoms. The Bertz CT molecular complexity index is 813. The van der Waals surface area contributed by atoms with Gasteiger partial charge in [0.2, 0.25) is 0 Å². The van der Waals surface area contributed by atoms with Gasteiger partial charge in [-0.25, -0.2) is 4.79 Å². The fourth-order valence-electron chi connectivity index (χ4n) is 4.06. The van der Waals surface area contributed by atoms with Crippen molar-refractivity contribution in [3.63, 3.8) is 0 Å². The summed E-state index contributed by atoms with van der Waals surface area (Å²) in [6, 6.07) is 14.4. The first kappa shape index (κ1) is 29.7. The summed E-state index contributed by atoms with van der Waals surface area (Å²) in [6.45, 7) is 8.16. The molecule has 2 aromatic carbocycles. The highest BCUT2D eigenvalue weighted by molar-refractivity contribution is 5.91. The van der Waals surface area contributed by atoms with Crippen molar-refractivity contribution in [2.75, 3.05) is 13.2 Å². The maximum atomic E-state index is 12.5. The predicted molar refractivity (Wildman–Crippen MR) is 149 cm³/mol. The Morgan fingerprint density at radius 2 is 1.11 bits per heavy atom. The standard InChI is InChI=1S/C32H48O4/c1-4-6-7-8-9-10-11-12-13-14-25-34-29-19-17-28(18-20-29)32(33)36-31-23-21-30(22-24-31)35-26-15-16-27(3)5-2/h17-24,27H,4-16,25-26H2,1-3H3/t27-/m0/s1. The van der Waals surface area contributed by atoms with Gasteiger partial charge in [-0.1, -0.05) is 85.0 Å². The second-order valence-corrected chi connectivity index (χ2v) is 9.92. The molecule has 0 aliphatic heterocycles. The summed E-state index contributed by atoms with van der Waals surface area (Å²) in [6.07, 6.45) is 16.5. The van der Waals surface area contributed by atoms with E-state index in [-0.39, 0.29) is 5.97 Å². The van der Waals surface area contributed by atoms with E-state index in [4.69, 9.17) is 14.2 Å². The van der Waals surface area contributed by atoms with Gasteiger partial charge >= 0.3 is 5.97 Å². The Hall–Kier alpha value is -2.49. The Kier molecular flexibility index (Phi) is 15.5. The average Bonchev–Trinajstić information content (AvgIpc) is 2.90. The second kappa shape index (κ2) is 18.7. The van der Waals surface area contributed by atoms with Gasteiger partial charge in [-0.3, -0.25) is 0 Å².